The Hall–Kier alpha value is -0.0800. The van der Waals surface area contributed by atoms with Crippen molar-refractivity contribution < 1.29 is 5.11 Å². The molecule has 2 heteroatoms. The number of rotatable bonds is 3. The van der Waals surface area contributed by atoms with E-state index in [0.717, 1.165) is 5.92 Å². The van der Waals surface area contributed by atoms with E-state index in [1.807, 2.05) is 0 Å². The van der Waals surface area contributed by atoms with E-state index in [4.69, 9.17) is 5.11 Å². The van der Waals surface area contributed by atoms with Gasteiger partial charge in [-0.15, -0.1) is 0 Å². The van der Waals surface area contributed by atoms with Gasteiger partial charge in [-0.1, -0.05) is 0 Å². The van der Waals surface area contributed by atoms with Gasteiger partial charge in [-0.2, -0.15) is 0 Å². The Bertz CT molecular complexity index is 117. The van der Waals surface area contributed by atoms with E-state index in [9.17, 15) is 0 Å². The maximum Gasteiger partial charge on any atom is 0.0459 e. The van der Waals surface area contributed by atoms with Crippen molar-refractivity contribution in [1.82, 2.24) is 4.90 Å². The van der Waals surface area contributed by atoms with Crippen LogP contribution in [0.25, 0.3) is 0 Å². The molecule has 1 N–H and O–H groups in total. The third-order valence-corrected chi connectivity index (χ3v) is 2.85. The zero-order chi connectivity index (χ0) is 8.97. The molecule has 1 fully saturated rings. The van der Waals surface area contributed by atoms with Crippen molar-refractivity contribution in [1.29, 1.82) is 0 Å². The molecule has 0 saturated heterocycles. The van der Waals surface area contributed by atoms with Crippen LogP contribution in [-0.4, -0.2) is 37.3 Å². The fraction of sp³-hybridized carbons (Fsp3) is 1.00. The lowest BCUT2D eigenvalue weighted by molar-refractivity contribution is 0.154. The molecule has 0 aromatic carbocycles. The van der Waals surface area contributed by atoms with Gasteiger partial charge in [-0.25, -0.2) is 0 Å². The van der Waals surface area contributed by atoms with Crippen LogP contribution < -0.4 is 0 Å². The third kappa shape index (κ3) is 3.11. The molecule has 1 aliphatic carbocycles. The number of aliphatic hydroxyl groups excluding tert-OH is 1. The molecule has 1 rings (SSSR count). The molecule has 0 unspecified atom stereocenters. The summed E-state index contributed by atoms with van der Waals surface area (Å²) in [6.07, 6.45) is 5.08. The average Bonchev–Trinajstić information content (AvgIpc) is 2.05. The lowest BCUT2D eigenvalue weighted by atomic mass is 9.82. The van der Waals surface area contributed by atoms with Crippen LogP contribution in [0.1, 0.15) is 25.7 Å². The Morgan fingerprint density at radius 3 is 2.00 bits per heavy atom. The average molecular weight is 171 g/mol. The van der Waals surface area contributed by atoms with E-state index in [-0.39, 0.29) is 0 Å². The summed E-state index contributed by atoms with van der Waals surface area (Å²) in [6, 6.07) is 0. The first-order valence-corrected chi connectivity index (χ1v) is 4.98. The molecule has 2 nitrogen and oxygen atoms in total. The summed E-state index contributed by atoms with van der Waals surface area (Å²) in [4.78, 5) is 2.27. The molecule has 0 spiro atoms. The maximum atomic E-state index is 8.95. The zero-order valence-electron chi connectivity index (χ0n) is 8.29. The lowest BCUT2D eigenvalue weighted by Gasteiger charge is -2.29. The highest BCUT2D eigenvalue weighted by atomic mass is 16.3. The van der Waals surface area contributed by atoms with Crippen LogP contribution in [0, 0.1) is 11.8 Å². The summed E-state index contributed by atoms with van der Waals surface area (Å²) in [7, 11) is 4.27. The summed E-state index contributed by atoms with van der Waals surface area (Å²) in [5, 5.41) is 8.95. The summed E-state index contributed by atoms with van der Waals surface area (Å²) < 4.78 is 0. The Kier molecular flexibility index (Phi) is 4.02. The molecule has 0 heterocycles. The lowest BCUT2D eigenvalue weighted by Crippen LogP contribution is -2.26. The molecule has 1 saturated carbocycles. The smallest absolute Gasteiger partial charge is 0.0459 e. The van der Waals surface area contributed by atoms with E-state index in [0.29, 0.717) is 12.5 Å². The topological polar surface area (TPSA) is 23.5 Å². The molecule has 0 aromatic heterocycles. The van der Waals surface area contributed by atoms with Crippen molar-refractivity contribution in [2.24, 2.45) is 11.8 Å². The third-order valence-electron chi connectivity index (χ3n) is 2.85. The van der Waals surface area contributed by atoms with Crippen molar-refractivity contribution in [2.75, 3.05) is 27.2 Å². The first kappa shape index (κ1) is 10.0. The molecule has 0 aromatic rings. The Morgan fingerprint density at radius 2 is 1.58 bits per heavy atom. The van der Waals surface area contributed by atoms with Gasteiger partial charge in [0.1, 0.15) is 0 Å². The second-order valence-corrected chi connectivity index (χ2v) is 4.33. The van der Waals surface area contributed by atoms with Crippen molar-refractivity contribution >= 4 is 0 Å². The van der Waals surface area contributed by atoms with E-state index >= 15 is 0 Å². The Morgan fingerprint density at radius 1 is 1.08 bits per heavy atom. The van der Waals surface area contributed by atoms with Crippen molar-refractivity contribution in [3.05, 3.63) is 0 Å². The van der Waals surface area contributed by atoms with Gasteiger partial charge in [0.25, 0.3) is 0 Å². The maximum absolute atomic E-state index is 8.95. The van der Waals surface area contributed by atoms with Crippen LogP contribution in [0.4, 0.5) is 0 Å². The van der Waals surface area contributed by atoms with Gasteiger partial charge < -0.3 is 10.0 Å². The quantitative estimate of drug-likeness (QED) is 0.693. The van der Waals surface area contributed by atoms with E-state index in [1.165, 1.54) is 32.2 Å². The van der Waals surface area contributed by atoms with Gasteiger partial charge in [-0.3, -0.25) is 0 Å². The highest BCUT2D eigenvalue weighted by Crippen LogP contribution is 2.28. The summed E-state index contributed by atoms with van der Waals surface area (Å²) >= 11 is 0. The van der Waals surface area contributed by atoms with Gasteiger partial charge >= 0.3 is 0 Å². The minimum Gasteiger partial charge on any atom is -0.396 e. The van der Waals surface area contributed by atoms with Crippen molar-refractivity contribution in [3.8, 4) is 0 Å². The first-order chi connectivity index (χ1) is 5.72. The summed E-state index contributed by atoms with van der Waals surface area (Å²) in [5.41, 5.74) is 0. The van der Waals surface area contributed by atoms with Crippen LogP contribution in [0.5, 0.6) is 0 Å². The van der Waals surface area contributed by atoms with Gasteiger partial charge in [0.2, 0.25) is 0 Å². The molecular formula is C10H21NO. The van der Waals surface area contributed by atoms with Gasteiger partial charge in [-0.05, 0) is 51.6 Å². The number of aliphatic hydroxyl groups is 1. The molecule has 0 amide bonds. The SMILES string of the molecule is CN(C)C[C@H]1CC[C@H](CO)CC1. The zero-order valence-corrected chi connectivity index (χ0v) is 8.29. The minimum absolute atomic E-state index is 0.398. The predicted octanol–water partition coefficient (Wildman–Crippen LogP) is 1.35. The standard InChI is InChI=1S/C10H21NO/c1-11(2)7-9-3-5-10(8-12)6-4-9/h9-10,12H,3-8H2,1-2H3/t9-,10-. The van der Waals surface area contributed by atoms with Gasteiger partial charge in [0.05, 0.1) is 0 Å². The van der Waals surface area contributed by atoms with Crippen molar-refractivity contribution in [3.63, 3.8) is 0 Å². The molecule has 12 heavy (non-hydrogen) atoms. The van der Waals surface area contributed by atoms with Crippen LogP contribution in [0.2, 0.25) is 0 Å². The fourth-order valence-corrected chi connectivity index (χ4v) is 2.11. The van der Waals surface area contributed by atoms with E-state index in [2.05, 4.69) is 19.0 Å². The van der Waals surface area contributed by atoms with E-state index < -0.39 is 0 Å². The number of hydrogen-bond acceptors (Lipinski definition) is 2. The Balaban J connectivity index is 2.17. The molecular weight excluding hydrogens is 150 g/mol. The highest BCUT2D eigenvalue weighted by molar-refractivity contribution is 4.73. The normalized spacial score (nSPS) is 31.0. The van der Waals surface area contributed by atoms with Gasteiger partial charge in [0.15, 0.2) is 0 Å². The number of hydrogen-bond donors (Lipinski definition) is 1. The summed E-state index contributed by atoms with van der Waals surface area (Å²) in [5.74, 6) is 1.48. The molecule has 0 aliphatic heterocycles. The molecule has 0 radical (unpaired) electrons. The summed E-state index contributed by atoms with van der Waals surface area (Å²) in [6.45, 7) is 1.62. The molecule has 0 bridgehead atoms. The first-order valence-electron chi connectivity index (χ1n) is 4.98. The van der Waals surface area contributed by atoms with Crippen LogP contribution in [0.15, 0.2) is 0 Å². The molecule has 1 aliphatic rings. The highest BCUT2D eigenvalue weighted by Gasteiger charge is 2.20. The second-order valence-electron chi connectivity index (χ2n) is 4.33. The molecule has 72 valence electrons. The van der Waals surface area contributed by atoms with Crippen LogP contribution >= 0.6 is 0 Å². The van der Waals surface area contributed by atoms with Gasteiger partial charge in [0, 0.05) is 13.2 Å². The minimum atomic E-state index is 0.398. The predicted molar refractivity (Wildman–Crippen MR) is 51.1 cm³/mol. The second kappa shape index (κ2) is 4.83. The van der Waals surface area contributed by atoms with E-state index in [1.54, 1.807) is 0 Å². The van der Waals surface area contributed by atoms with Crippen LogP contribution in [0.3, 0.4) is 0 Å². The monoisotopic (exact) mass is 171 g/mol. The molecule has 0 atom stereocenters. The van der Waals surface area contributed by atoms with Crippen LogP contribution in [-0.2, 0) is 0 Å². The largest absolute Gasteiger partial charge is 0.396 e. The fourth-order valence-electron chi connectivity index (χ4n) is 2.11. The number of nitrogens with zero attached hydrogens (tertiary/aromatic N) is 1. The van der Waals surface area contributed by atoms with Crippen molar-refractivity contribution in [2.45, 2.75) is 25.7 Å². The Labute approximate surface area is 75.6 Å².